The highest BCUT2D eigenvalue weighted by Gasteiger charge is 2.36. The maximum Gasteiger partial charge on any atom is 0.573 e. The molecular formula is C19H15F3N2O7S. The van der Waals surface area contributed by atoms with E-state index in [1.165, 1.54) is 12.1 Å². The van der Waals surface area contributed by atoms with Gasteiger partial charge in [0.05, 0.1) is 11.1 Å². The summed E-state index contributed by atoms with van der Waals surface area (Å²) in [5.74, 6) is -3.17. The van der Waals surface area contributed by atoms with Gasteiger partial charge in [0.15, 0.2) is 0 Å². The number of benzene rings is 2. The zero-order valence-electron chi connectivity index (χ0n) is 16.0. The predicted molar refractivity (Wildman–Crippen MR) is 101 cm³/mol. The van der Waals surface area contributed by atoms with Gasteiger partial charge >= 0.3 is 22.4 Å². The number of halogens is 3. The summed E-state index contributed by atoms with van der Waals surface area (Å²) >= 11 is 0. The molecule has 1 atom stereocenters. The summed E-state index contributed by atoms with van der Waals surface area (Å²) in [6.07, 6.45) is -5.24. The molecule has 170 valence electrons. The van der Waals surface area contributed by atoms with Gasteiger partial charge in [0.1, 0.15) is 16.7 Å². The molecule has 0 aromatic heterocycles. The minimum absolute atomic E-state index is 0.203. The van der Waals surface area contributed by atoms with Gasteiger partial charge in [-0.25, -0.2) is 4.79 Å². The Hall–Kier alpha value is -3.45. The topological polar surface area (TPSA) is 133 Å². The Morgan fingerprint density at radius 2 is 1.53 bits per heavy atom. The zero-order chi connectivity index (χ0) is 23.7. The fraction of sp³-hybridized carbons (Fsp3) is 0.211. The number of ether oxygens (including phenoxy) is 1. The highest BCUT2D eigenvalue weighted by Crippen LogP contribution is 2.25. The smallest absolute Gasteiger partial charge is 0.406 e. The molecular weight excluding hydrogens is 457 g/mol. The minimum atomic E-state index is -4.96. The van der Waals surface area contributed by atoms with Gasteiger partial charge in [0.25, 0.3) is 11.8 Å². The first-order valence-corrected chi connectivity index (χ1v) is 10.3. The number of amides is 2. The molecule has 2 aromatic carbocycles. The van der Waals surface area contributed by atoms with Crippen molar-refractivity contribution in [2.75, 3.05) is 6.54 Å². The number of hydrogen-bond donors (Lipinski definition) is 1. The van der Waals surface area contributed by atoms with E-state index in [1.807, 2.05) is 0 Å². The van der Waals surface area contributed by atoms with Gasteiger partial charge in [-0.1, -0.05) is 12.1 Å². The maximum absolute atomic E-state index is 12.3. The van der Waals surface area contributed by atoms with Crippen LogP contribution in [0.25, 0.3) is 0 Å². The molecule has 13 heteroatoms. The van der Waals surface area contributed by atoms with Gasteiger partial charge < -0.3 is 14.7 Å². The molecule has 0 saturated heterocycles. The normalized spacial score (nSPS) is 14.8. The first-order chi connectivity index (χ1) is 14.9. The summed E-state index contributed by atoms with van der Waals surface area (Å²) in [4.78, 5) is 36.9. The van der Waals surface area contributed by atoms with Crippen molar-refractivity contribution in [3.8, 4) is 5.75 Å². The number of fused-ring (bicyclic) bond motifs is 1. The number of nitrogens with two attached hydrogens (primary N) is 1. The Bertz CT molecular complexity index is 1130. The molecule has 0 radical (unpaired) electrons. The lowest BCUT2D eigenvalue weighted by molar-refractivity contribution is -0.274. The van der Waals surface area contributed by atoms with Crippen molar-refractivity contribution in [1.82, 2.24) is 4.90 Å². The average Bonchev–Trinajstić information content (AvgIpc) is 2.95. The number of carbonyl (C=O) groups excluding carboxylic acids is 3. The van der Waals surface area contributed by atoms with E-state index in [1.54, 1.807) is 12.1 Å². The molecule has 2 aromatic rings. The first kappa shape index (κ1) is 23.2. The van der Waals surface area contributed by atoms with Crippen molar-refractivity contribution in [1.29, 1.82) is 0 Å². The van der Waals surface area contributed by atoms with Crippen LogP contribution in [0.5, 0.6) is 5.75 Å². The standard InChI is InChI=1S/C19H15F3N2O7S/c20-19(21,22)30-11-5-7-12(8-6-11)32(28,29)31-18(27)15(23)9-10-24-16(25)13-3-1-2-4-14(13)17(24)26/h1-8,15H,9-10,23H2. The van der Waals surface area contributed by atoms with Crippen LogP contribution in [-0.4, -0.2) is 50.1 Å². The van der Waals surface area contributed by atoms with E-state index >= 15 is 0 Å². The molecule has 1 aliphatic heterocycles. The molecule has 0 aliphatic carbocycles. The van der Waals surface area contributed by atoms with E-state index < -0.39 is 51.0 Å². The summed E-state index contributed by atoms with van der Waals surface area (Å²) in [7, 11) is -4.68. The Labute approximate surface area is 179 Å². The molecule has 9 nitrogen and oxygen atoms in total. The SMILES string of the molecule is NC(CCN1C(=O)c2ccccc2C1=O)C(=O)OS(=O)(=O)c1ccc(OC(F)(F)F)cc1. The monoisotopic (exact) mass is 472 g/mol. The fourth-order valence-electron chi connectivity index (χ4n) is 2.85. The third-order valence-corrected chi connectivity index (χ3v) is 5.62. The summed E-state index contributed by atoms with van der Waals surface area (Å²) in [6.45, 7) is -0.258. The third kappa shape index (κ3) is 5.06. The summed E-state index contributed by atoms with van der Waals surface area (Å²) in [5, 5.41) is 0. The van der Waals surface area contributed by atoms with Gasteiger partial charge in [-0.3, -0.25) is 14.5 Å². The average molecular weight is 472 g/mol. The van der Waals surface area contributed by atoms with Gasteiger partial charge in [0, 0.05) is 6.54 Å². The summed E-state index contributed by atoms with van der Waals surface area (Å²) in [5.41, 5.74) is 6.04. The Kier molecular flexibility index (Phi) is 6.23. The molecule has 1 unspecified atom stereocenters. The van der Waals surface area contributed by atoms with Crippen molar-refractivity contribution < 1.29 is 44.9 Å². The largest absolute Gasteiger partial charge is 0.573 e. The molecule has 0 bridgehead atoms. The van der Waals surface area contributed by atoms with Crippen LogP contribution in [0, 0.1) is 0 Å². The number of hydrogen-bond acceptors (Lipinski definition) is 8. The second-order valence-electron chi connectivity index (χ2n) is 6.58. The maximum atomic E-state index is 12.3. The second-order valence-corrected chi connectivity index (χ2v) is 8.12. The number of imide groups is 1. The molecule has 0 fully saturated rings. The van der Waals surface area contributed by atoms with E-state index in [2.05, 4.69) is 8.92 Å². The lowest BCUT2D eigenvalue weighted by Crippen LogP contribution is -2.39. The lowest BCUT2D eigenvalue weighted by atomic mass is 10.1. The number of rotatable bonds is 7. The first-order valence-electron chi connectivity index (χ1n) is 8.94. The van der Waals surface area contributed by atoms with E-state index in [9.17, 15) is 36.0 Å². The highest BCUT2D eigenvalue weighted by atomic mass is 32.2. The van der Waals surface area contributed by atoms with E-state index in [0.717, 1.165) is 29.2 Å². The fourth-order valence-corrected chi connectivity index (χ4v) is 3.76. The van der Waals surface area contributed by atoms with Gasteiger partial charge in [0.2, 0.25) is 0 Å². The quantitative estimate of drug-likeness (QED) is 0.477. The molecule has 3 rings (SSSR count). The van der Waals surface area contributed by atoms with Crippen LogP contribution in [0.2, 0.25) is 0 Å². The molecule has 2 N–H and O–H groups in total. The predicted octanol–water partition coefficient (Wildman–Crippen LogP) is 1.83. The van der Waals surface area contributed by atoms with Gasteiger partial charge in [-0.15, -0.1) is 13.2 Å². The third-order valence-electron chi connectivity index (χ3n) is 4.38. The lowest BCUT2D eigenvalue weighted by Gasteiger charge is -2.16. The van der Waals surface area contributed by atoms with Crippen LogP contribution >= 0.6 is 0 Å². The molecule has 2 amide bonds. The number of carbonyl (C=O) groups is 3. The number of nitrogens with zero attached hydrogens (tertiary/aromatic N) is 1. The summed E-state index contributed by atoms with van der Waals surface area (Å²) in [6, 6.07) is 7.60. The highest BCUT2D eigenvalue weighted by molar-refractivity contribution is 7.87. The van der Waals surface area contributed by atoms with E-state index in [-0.39, 0.29) is 24.1 Å². The zero-order valence-corrected chi connectivity index (χ0v) is 16.9. The van der Waals surface area contributed by atoms with Crippen molar-refractivity contribution in [2.45, 2.75) is 23.7 Å². The molecule has 1 aliphatic rings. The van der Waals surface area contributed by atoms with Crippen LogP contribution in [0.3, 0.4) is 0 Å². The van der Waals surface area contributed by atoms with Crippen LogP contribution in [0.4, 0.5) is 13.2 Å². The molecule has 0 spiro atoms. The minimum Gasteiger partial charge on any atom is -0.406 e. The Morgan fingerprint density at radius 1 is 1.00 bits per heavy atom. The van der Waals surface area contributed by atoms with Crippen molar-refractivity contribution in [3.05, 3.63) is 59.7 Å². The van der Waals surface area contributed by atoms with Crippen molar-refractivity contribution in [3.63, 3.8) is 0 Å². The molecule has 32 heavy (non-hydrogen) atoms. The van der Waals surface area contributed by atoms with Crippen LogP contribution in [0.15, 0.2) is 53.4 Å². The Morgan fingerprint density at radius 3 is 2.03 bits per heavy atom. The second kappa shape index (κ2) is 8.59. The van der Waals surface area contributed by atoms with E-state index in [0.29, 0.717) is 0 Å². The van der Waals surface area contributed by atoms with Gasteiger partial charge in [-0.2, -0.15) is 8.42 Å². The van der Waals surface area contributed by atoms with Crippen molar-refractivity contribution >= 4 is 27.9 Å². The Balaban J connectivity index is 1.59. The van der Waals surface area contributed by atoms with Crippen molar-refractivity contribution in [2.24, 2.45) is 5.73 Å². The molecule has 1 heterocycles. The number of alkyl halides is 3. The summed E-state index contributed by atoms with van der Waals surface area (Å²) < 4.78 is 68.9. The molecule has 0 saturated carbocycles. The van der Waals surface area contributed by atoms with Gasteiger partial charge in [-0.05, 0) is 42.8 Å². The van der Waals surface area contributed by atoms with E-state index in [4.69, 9.17) is 5.73 Å². The van der Waals surface area contributed by atoms with Crippen LogP contribution in [0.1, 0.15) is 27.1 Å². The van der Waals surface area contributed by atoms with Crippen LogP contribution in [-0.2, 0) is 19.1 Å². The van der Waals surface area contributed by atoms with Crippen LogP contribution < -0.4 is 10.5 Å².